The Labute approximate surface area is 103 Å². The number of hydrogen-bond donors (Lipinski definition) is 1. The second-order valence-electron chi connectivity index (χ2n) is 4.90. The van der Waals surface area contributed by atoms with Crippen LogP contribution >= 0.6 is 0 Å². The monoisotopic (exact) mass is 241 g/mol. The van der Waals surface area contributed by atoms with Crippen LogP contribution in [-0.2, 0) is 9.53 Å². The standard InChI is InChI=1S/C12H23N3O2/c1-11-10-15(5-3-13-11)12(16)2-4-14-6-8-17-9-7-14/h11,13H,2-10H2,1H3. The first-order chi connectivity index (χ1) is 8.25. The Kier molecular flexibility index (Phi) is 4.76. The summed E-state index contributed by atoms with van der Waals surface area (Å²) < 4.78 is 5.29. The predicted octanol–water partition coefficient (Wildman–Crippen LogP) is -0.471. The fourth-order valence-electron chi connectivity index (χ4n) is 2.40. The zero-order chi connectivity index (χ0) is 12.1. The van der Waals surface area contributed by atoms with Crippen molar-refractivity contribution < 1.29 is 9.53 Å². The van der Waals surface area contributed by atoms with E-state index in [2.05, 4.69) is 17.1 Å². The molecule has 5 nitrogen and oxygen atoms in total. The van der Waals surface area contributed by atoms with Crippen LogP contribution in [0.1, 0.15) is 13.3 Å². The van der Waals surface area contributed by atoms with Crippen LogP contribution in [0.3, 0.4) is 0 Å². The fraction of sp³-hybridized carbons (Fsp3) is 0.917. The number of nitrogens with one attached hydrogen (secondary N) is 1. The highest BCUT2D eigenvalue weighted by Gasteiger charge is 2.21. The third kappa shape index (κ3) is 3.94. The molecule has 0 aromatic rings. The molecule has 5 heteroatoms. The van der Waals surface area contributed by atoms with Gasteiger partial charge in [0.25, 0.3) is 0 Å². The lowest BCUT2D eigenvalue weighted by Crippen LogP contribution is -2.51. The predicted molar refractivity (Wildman–Crippen MR) is 65.9 cm³/mol. The quantitative estimate of drug-likeness (QED) is 0.725. The molecule has 1 unspecified atom stereocenters. The van der Waals surface area contributed by atoms with Crippen molar-refractivity contribution in [1.82, 2.24) is 15.1 Å². The van der Waals surface area contributed by atoms with Gasteiger partial charge in [0.05, 0.1) is 13.2 Å². The molecule has 2 aliphatic heterocycles. The van der Waals surface area contributed by atoms with Crippen molar-refractivity contribution in [3.63, 3.8) is 0 Å². The van der Waals surface area contributed by atoms with E-state index in [0.717, 1.165) is 52.5 Å². The second-order valence-corrected chi connectivity index (χ2v) is 4.90. The number of nitrogens with zero attached hydrogens (tertiary/aromatic N) is 2. The summed E-state index contributed by atoms with van der Waals surface area (Å²) in [7, 11) is 0. The number of piperazine rings is 1. The maximum Gasteiger partial charge on any atom is 0.223 e. The van der Waals surface area contributed by atoms with Crippen molar-refractivity contribution in [2.75, 3.05) is 52.5 Å². The summed E-state index contributed by atoms with van der Waals surface area (Å²) in [5.74, 6) is 0.296. The minimum absolute atomic E-state index is 0.296. The Morgan fingerprint density at radius 1 is 1.35 bits per heavy atom. The van der Waals surface area contributed by atoms with E-state index in [1.165, 1.54) is 0 Å². The molecule has 2 aliphatic rings. The van der Waals surface area contributed by atoms with Crippen molar-refractivity contribution in [3.05, 3.63) is 0 Å². The van der Waals surface area contributed by atoms with Crippen LogP contribution in [0, 0.1) is 0 Å². The van der Waals surface area contributed by atoms with Gasteiger partial charge in [0.15, 0.2) is 0 Å². The van der Waals surface area contributed by atoms with Gasteiger partial charge in [-0.15, -0.1) is 0 Å². The molecule has 1 amide bonds. The summed E-state index contributed by atoms with van der Waals surface area (Å²) in [5, 5.41) is 3.35. The van der Waals surface area contributed by atoms with Crippen LogP contribution in [0.2, 0.25) is 0 Å². The first kappa shape index (κ1) is 12.8. The Balaban J connectivity index is 1.69. The van der Waals surface area contributed by atoms with Gasteiger partial charge in [-0.1, -0.05) is 0 Å². The highest BCUT2D eigenvalue weighted by Crippen LogP contribution is 2.04. The molecule has 1 N–H and O–H groups in total. The van der Waals surface area contributed by atoms with Crippen molar-refractivity contribution in [2.24, 2.45) is 0 Å². The first-order valence-electron chi connectivity index (χ1n) is 6.57. The zero-order valence-electron chi connectivity index (χ0n) is 10.7. The average molecular weight is 241 g/mol. The molecule has 2 rings (SSSR count). The van der Waals surface area contributed by atoms with E-state index in [1.807, 2.05) is 4.90 Å². The normalized spacial score (nSPS) is 27.1. The topological polar surface area (TPSA) is 44.8 Å². The molecule has 98 valence electrons. The van der Waals surface area contributed by atoms with Gasteiger partial charge in [0.2, 0.25) is 5.91 Å². The lowest BCUT2D eigenvalue weighted by atomic mass is 10.2. The highest BCUT2D eigenvalue weighted by molar-refractivity contribution is 5.76. The minimum Gasteiger partial charge on any atom is -0.379 e. The van der Waals surface area contributed by atoms with Crippen molar-refractivity contribution >= 4 is 5.91 Å². The smallest absolute Gasteiger partial charge is 0.223 e. The lowest BCUT2D eigenvalue weighted by Gasteiger charge is -2.33. The summed E-state index contributed by atoms with van der Waals surface area (Å²) in [6.45, 7) is 9.16. The van der Waals surface area contributed by atoms with Crippen molar-refractivity contribution in [1.29, 1.82) is 0 Å². The number of morpholine rings is 1. The van der Waals surface area contributed by atoms with Gasteiger partial charge in [0.1, 0.15) is 0 Å². The van der Waals surface area contributed by atoms with Crippen molar-refractivity contribution in [3.8, 4) is 0 Å². The van der Waals surface area contributed by atoms with E-state index in [9.17, 15) is 4.79 Å². The van der Waals surface area contributed by atoms with Gasteiger partial charge in [-0.25, -0.2) is 0 Å². The SMILES string of the molecule is CC1CN(C(=O)CCN2CCOCC2)CCN1. The molecule has 1 atom stereocenters. The van der Waals surface area contributed by atoms with Crippen LogP contribution in [0.25, 0.3) is 0 Å². The third-order valence-corrected chi connectivity index (χ3v) is 3.47. The number of ether oxygens (including phenoxy) is 1. The molecular weight excluding hydrogens is 218 g/mol. The minimum atomic E-state index is 0.296. The number of amides is 1. The van der Waals surface area contributed by atoms with Gasteiger partial charge in [-0.3, -0.25) is 9.69 Å². The fourth-order valence-corrected chi connectivity index (χ4v) is 2.40. The summed E-state index contributed by atoms with van der Waals surface area (Å²) in [6, 6.07) is 0.427. The molecule has 0 bridgehead atoms. The molecule has 2 fully saturated rings. The Morgan fingerprint density at radius 3 is 2.82 bits per heavy atom. The maximum absolute atomic E-state index is 12.0. The first-order valence-corrected chi connectivity index (χ1v) is 6.57. The second kappa shape index (κ2) is 6.33. The molecule has 17 heavy (non-hydrogen) atoms. The van der Waals surface area contributed by atoms with Gasteiger partial charge in [0, 0.05) is 51.7 Å². The van der Waals surface area contributed by atoms with Crippen molar-refractivity contribution in [2.45, 2.75) is 19.4 Å². The molecule has 0 aliphatic carbocycles. The summed E-state index contributed by atoms with van der Waals surface area (Å²) in [6.07, 6.45) is 0.646. The van der Waals surface area contributed by atoms with Crippen LogP contribution in [0.5, 0.6) is 0 Å². The molecule has 0 radical (unpaired) electrons. The Bertz CT molecular complexity index is 254. The Hall–Kier alpha value is -0.650. The average Bonchev–Trinajstić information content (AvgIpc) is 2.37. The van der Waals surface area contributed by atoms with Crippen LogP contribution in [0.15, 0.2) is 0 Å². The lowest BCUT2D eigenvalue weighted by molar-refractivity contribution is -0.132. The van der Waals surface area contributed by atoms with Gasteiger partial charge >= 0.3 is 0 Å². The maximum atomic E-state index is 12.0. The number of carbonyl (C=O) groups is 1. The van der Waals surface area contributed by atoms with Gasteiger partial charge in [-0.2, -0.15) is 0 Å². The van der Waals surface area contributed by atoms with E-state index < -0.39 is 0 Å². The van der Waals surface area contributed by atoms with Gasteiger partial charge < -0.3 is 15.0 Å². The molecule has 0 aromatic heterocycles. The summed E-state index contributed by atoms with van der Waals surface area (Å²) >= 11 is 0. The van der Waals surface area contributed by atoms with Crippen LogP contribution in [-0.4, -0.2) is 74.2 Å². The van der Waals surface area contributed by atoms with E-state index in [4.69, 9.17) is 4.74 Å². The molecular formula is C12H23N3O2. The van der Waals surface area contributed by atoms with E-state index in [0.29, 0.717) is 18.4 Å². The Morgan fingerprint density at radius 2 is 2.12 bits per heavy atom. The van der Waals surface area contributed by atoms with E-state index in [-0.39, 0.29) is 0 Å². The number of hydrogen-bond acceptors (Lipinski definition) is 4. The van der Waals surface area contributed by atoms with E-state index >= 15 is 0 Å². The number of rotatable bonds is 3. The third-order valence-electron chi connectivity index (χ3n) is 3.47. The van der Waals surface area contributed by atoms with Crippen LogP contribution < -0.4 is 5.32 Å². The molecule has 0 aromatic carbocycles. The molecule has 0 spiro atoms. The molecule has 0 saturated carbocycles. The molecule has 2 saturated heterocycles. The molecule has 2 heterocycles. The summed E-state index contributed by atoms with van der Waals surface area (Å²) in [4.78, 5) is 16.3. The van der Waals surface area contributed by atoms with Crippen LogP contribution in [0.4, 0.5) is 0 Å². The van der Waals surface area contributed by atoms with Gasteiger partial charge in [-0.05, 0) is 6.92 Å². The number of carbonyl (C=O) groups excluding carboxylic acids is 1. The van der Waals surface area contributed by atoms with E-state index in [1.54, 1.807) is 0 Å². The largest absolute Gasteiger partial charge is 0.379 e. The zero-order valence-corrected chi connectivity index (χ0v) is 10.7. The summed E-state index contributed by atoms with van der Waals surface area (Å²) in [5.41, 5.74) is 0. The highest BCUT2D eigenvalue weighted by atomic mass is 16.5.